The lowest BCUT2D eigenvalue weighted by Crippen LogP contribution is -2.56. The van der Waals surface area contributed by atoms with Gasteiger partial charge in [0.2, 0.25) is 0 Å². The average Bonchev–Trinajstić information content (AvgIpc) is 3.30. The second-order valence-corrected chi connectivity index (χ2v) is 15.9. The minimum atomic E-state index is -0.875. The molecule has 0 saturated heterocycles. The van der Waals surface area contributed by atoms with Gasteiger partial charge in [0.1, 0.15) is 5.78 Å². The fourth-order valence-corrected chi connectivity index (χ4v) is 10.2. The van der Waals surface area contributed by atoms with E-state index in [1.54, 1.807) is 0 Å². The number of unbranched alkanes of at least 4 members (excludes halogenated alkanes) is 6. The van der Waals surface area contributed by atoms with Crippen molar-refractivity contribution in [1.29, 1.82) is 0 Å². The highest BCUT2D eigenvalue weighted by Crippen LogP contribution is 2.58. The lowest BCUT2D eigenvalue weighted by Gasteiger charge is -2.48. The number of anilines is 2. The number of phenols is 1. The van der Waals surface area contributed by atoms with Crippen LogP contribution in [0.25, 0.3) is 49.2 Å². The summed E-state index contributed by atoms with van der Waals surface area (Å²) in [7, 11) is 1.40. The highest BCUT2D eigenvalue weighted by Gasteiger charge is 2.45. The van der Waals surface area contributed by atoms with Gasteiger partial charge in [-0.05, 0) is 72.5 Å². The van der Waals surface area contributed by atoms with Crippen LogP contribution in [-0.2, 0) is 18.0 Å². The summed E-state index contributed by atoms with van der Waals surface area (Å²) in [5.41, 5.74) is 2.38. The van der Waals surface area contributed by atoms with E-state index in [-0.39, 0.29) is 40.6 Å². The van der Waals surface area contributed by atoms with Gasteiger partial charge in [-0.2, -0.15) is 0 Å². The number of aromatic hydroxyl groups is 1. The van der Waals surface area contributed by atoms with Crippen LogP contribution in [0.4, 0.5) is 11.4 Å². The second-order valence-electron chi connectivity index (χ2n) is 15.9. The first-order chi connectivity index (χ1) is 26.5. The maximum absolute atomic E-state index is 14.6. The van der Waals surface area contributed by atoms with E-state index in [1.807, 2.05) is 13.0 Å². The number of nitrogens with one attached hydrogen (secondary N) is 2. The third-order valence-corrected chi connectivity index (χ3v) is 12.5. The van der Waals surface area contributed by atoms with Crippen molar-refractivity contribution in [2.45, 2.75) is 129 Å². The molecule has 0 fully saturated rings. The number of hydrogen-bond acceptors (Lipinski definition) is 10. The van der Waals surface area contributed by atoms with Gasteiger partial charge in [-0.1, -0.05) is 76.9 Å². The number of Topliss-reactive ketones (excluding diaryl/α,β-unsaturated/α-hetero) is 1. The fourth-order valence-electron chi connectivity index (χ4n) is 10.2. The predicted octanol–water partition coefficient (Wildman–Crippen LogP) is 7.95. The Morgan fingerprint density at radius 1 is 0.782 bits per heavy atom. The second kappa shape index (κ2) is 15.2. The summed E-state index contributed by atoms with van der Waals surface area (Å²) < 4.78 is 5.90. The van der Waals surface area contributed by atoms with E-state index in [0.717, 1.165) is 69.8 Å². The third-order valence-electron chi connectivity index (χ3n) is 12.5. The molecule has 1 aliphatic heterocycles. The van der Waals surface area contributed by atoms with Gasteiger partial charge in [0.05, 0.1) is 60.0 Å². The highest BCUT2D eigenvalue weighted by molar-refractivity contribution is 6.40. The van der Waals surface area contributed by atoms with E-state index in [2.05, 4.69) is 24.5 Å². The maximum atomic E-state index is 14.6. The molecule has 0 radical (unpaired) electrons. The molecule has 1 aliphatic carbocycles. The Labute approximate surface area is 320 Å². The van der Waals surface area contributed by atoms with Crippen LogP contribution >= 0.6 is 0 Å². The quantitative estimate of drug-likeness (QED) is 0.0331. The average molecular weight is 751 g/mol. The molecule has 7 rings (SSSR count). The number of carbonyl (C=O) groups excluding carboxylic acids is 1. The Morgan fingerprint density at radius 3 is 1.89 bits per heavy atom. The highest BCUT2D eigenvalue weighted by atomic mass is 16.5. The standard InChI is InChI=1S/C45H54N2O8/c1-6-8-10-12-15-45(16-13-11-9-7-2)30(14-17-48)46-42-35-28(52)19-25(21-49)32-33-26(22-50)20-29(53)36-38(33)39-34(37(32)35)27(41(42)47-45)18-23(3)31(24(4)51)40(39)44(55-5)43(36)54/h18-20,30-31,46-50,54H,6-17,21-22H2,1-5H3. The number of phenolic OH excluding ortho intramolecular Hbond substituents is 1. The van der Waals surface area contributed by atoms with Crippen molar-refractivity contribution in [2.24, 2.45) is 0 Å². The van der Waals surface area contributed by atoms with Gasteiger partial charge in [-0.25, -0.2) is 0 Å². The molecular weight excluding hydrogens is 697 g/mol. The predicted molar refractivity (Wildman–Crippen MR) is 221 cm³/mol. The van der Waals surface area contributed by atoms with Gasteiger partial charge < -0.3 is 35.8 Å². The number of aliphatic hydroxyl groups excluding tert-OH is 3. The first-order valence-corrected chi connectivity index (χ1v) is 20.1. The van der Waals surface area contributed by atoms with E-state index in [0.29, 0.717) is 72.2 Å². The molecule has 10 heteroatoms. The number of methoxy groups -OCH3 is 1. The molecule has 10 nitrogen and oxygen atoms in total. The van der Waals surface area contributed by atoms with Crippen LogP contribution < -0.4 is 26.2 Å². The molecule has 6 N–H and O–H groups in total. The molecule has 0 bridgehead atoms. The van der Waals surface area contributed by atoms with Gasteiger partial charge in [0.25, 0.3) is 0 Å². The number of benzene rings is 5. The van der Waals surface area contributed by atoms with E-state index < -0.39 is 35.8 Å². The van der Waals surface area contributed by atoms with Gasteiger partial charge in [0, 0.05) is 33.9 Å². The summed E-state index contributed by atoms with van der Waals surface area (Å²) >= 11 is 0. The monoisotopic (exact) mass is 750 g/mol. The Kier molecular flexibility index (Phi) is 10.7. The van der Waals surface area contributed by atoms with Crippen molar-refractivity contribution in [3.63, 3.8) is 0 Å². The molecule has 0 aromatic heterocycles. The van der Waals surface area contributed by atoms with Gasteiger partial charge in [-0.15, -0.1) is 0 Å². The van der Waals surface area contributed by atoms with Crippen molar-refractivity contribution in [3.8, 4) is 11.5 Å². The number of hydrogen-bond donors (Lipinski definition) is 6. The largest absolute Gasteiger partial charge is 0.504 e. The van der Waals surface area contributed by atoms with Crippen LogP contribution in [0, 0.1) is 0 Å². The summed E-state index contributed by atoms with van der Waals surface area (Å²) in [5, 5.41) is 55.3. The first kappa shape index (κ1) is 38.8. The van der Waals surface area contributed by atoms with Crippen molar-refractivity contribution in [2.75, 3.05) is 24.4 Å². The van der Waals surface area contributed by atoms with Crippen LogP contribution in [0.1, 0.15) is 126 Å². The summed E-state index contributed by atoms with van der Waals surface area (Å²) in [6.07, 6.45) is 12.6. The molecule has 5 aromatic rings. The molecule has 0 saturated carbocycles. The van der Waals surface area contributed by atoms with Gasteiger partial charge >= 0.3 is 0 Å². The Bertz CT molecular complexity index is 2440. The zero-order valence-corrected chi connectivity index (χ0v) is 32.7. The van der Waals surface area contributed by atoms with Crippen LogP contribution in [0.2, 0.25) is 0 Å². The molecule has 2 atom stereocenters. The third kappa shape index (κ3) is 5.90. The number of carbonyl (C=O) groups is 1. The van der Waals surface area contributed by atoms with E-state index in [9.17, 15) is 34.8 Å². The Hall–Kier alpha value is -4.51. The zero-order chi connectivity index (χ0) is 39.3. The number of fused-ring (bicyclic) bond motifs is 4. The number of aliphatic hydroxyl groups is 3. The summed E-state index contributed by atoms with van der Waals surface area (Å²) in [5.74, 6) is -1.46. The normalized spacial score (nSPS) is 17.5. The summed E-state index contributed by atoms with van der Waals surface area (Å²) in [4.78, 5) is 42.4. The molecule has 0 spiro atoms. The topological polar surface area (TPSA) is 165 Å². The number of rotatable bonds is 16. The van der Waals surface area contributed by atoms with Crippen molar-refractivity contribution in [1.82, 2.24) is 0 Å². The molecular formula is C45H54N2O8. The van der Waals surface area contributed by atoms with E-state index in [4.69, 9.17) is 4.74 Å². The van der Waals surface area contributed by atoms with Gasteiger partial charge in [0.15, 0.2) is 22.4 Å². The fraction of sp³-hybridized carbons (Fsp3) is 0.489. The van der Waals surface area contributed by atoms with Crippen LogP contribution in [0.15, 0.2) is 27.3 Å². The van der Waals surface area contributed by atoms with E-state index in [1.165, 1.54) is 26.2 Å². The van der Waals surface area contributed by atoms with Gasteiger partial charge in [-0.3, -0.25) is 14.4 Å². The first-order valence-electron chi connectivity index (χ1n) is 20.1. The SMILES string of the molecule is CCCCCCC1(CCCCCC)Nc2c(c3c(=O)cc(CO)c4c5c(CO)cc(=O)c6c(O)c(OC)c7c(c(c2C=C(C)C7C(C)=O)c34)c65)NC1CCO. The lowest BCUT2D eigenvalue weighted by atomic mass is 9.75. The maximum Gasteiger partial charge on any atom is 0.190 e. The minimum Gasteiger partial charge on any atom is -0.504 e. The molecule has 0 amide bonds. The number of ketones is 1. The molecule has 2 unspecified atom stereocenters. The van der Waals surface area contributed by atoms with Crippen molar-refractivity contribution in [3.05, 3.63) is 60.4 Å². The molecule has 55 heavy (non-hydrogen) atoms. The summed E-state index contributed by atoms with van der Waals surface area (Å²) in [6.45, 7) is 6.69. The Morgan fingerprint density at radius 2 is 1.36 bits per heavy atom. The molecule has 1 heterocycles. The zero-order valence-electron chi connectivity index (χ0n) is 32.7. The lowest BCUT2D eigenvalue weighted by molar-refractivity contribution is -0.117. The molecule has 292 valence electrons. The Balaban J connectivity index is 1.74. The van der Waals surface area contributed by atoms with Crippen molar-refractivity contribution < 1.29 is 30.0 Å². The molecule has 5 aromatic carbocycles. The summed E-state index contributed by atoms with van der Waals surface area (Å²) in [6, 6.07) is 2.49. The van der Waals surface area contributed by atoms with Crippen molar-refractivity contribution >= 4 is 66.3 Å². The van der Waals surface area contributed by atoms with Crippen LogP contribution in [-0.4, -0.2) is 51.5 Å². The van der Waals surface area contributed by atoms with Crippen LogP contribution in [0.5, 0.6) is 11.5 Å². The minimum absolute atomic E-state index is 0.00775. The smallest absolute Gasteiger partial charge is 0.190 e. The number of ether oxygens (including phenoxy) is 1. The number of allylic oxidation sites excluding steroid dienone is 1. The molecule has 2 aliphatic rings. The van der Waals surface area contributed by atoms with Crippen LogP contribution in [0.3, 0.4) is 0 Å². The van der Waals surface area contributed by atoms with E-state index >= 15 is 0 Å².